The van der Waals surface area contributed by atoms with Gasteiger partial charge in [0.25, 0.3) is 5.69 Å². The zero-order valence-electron chi connectivity index (χ0n) is 10.8. The van der Waals surface area contributed by atoms with Crippen LogP contribution in [0.25, 0.3) is 0 Å². The molecule has 108 valence electrons. The summed E-state index contributed by atoms with van der Waals surface area (Å²) < 4.78 is 30.1. The number of non-ortho nitro benzene ring substituents is 1. The van der Waals surface area contributed by atoms with Gasteiger partial charge >= 0.3 is 5.97 Å². The Balaban J connectivity index is 2.29. The first kappa shape index (κ1) is 14.4. The molecule has 0 aliphatic carbocycles. The summed E-state index contributed by atoms with van der Waals surface area (Å²) in [5.41, 5.74) is -1.40. The van der Waals surface area contributed by atoms with Crippen LogP contribution >= 0.6 is 0 Å². The number of methoxy groups -OCH3 is 1. The van der Waals surface area contributed by atoms with Crippen molar-refractivity contribution in [1.82, 2.24) is 4.31 Å². The smallest absolute Gasteiger partial charge is 0.328 e. The Hall–Kier alpha value is -2.00. The lowest BCUT2D eigenvalue weighted by atomic mass is 10.2. The van der Waals surface area contributed by atoms with Gasteiger partial charge in [0, 0.05) is 18.7 Å². The lowest BCUT2D eigenvalue weighted by Gasteiger charge is -2.10. The number of rotatable bonds is 4. The third-order valence-corrected chi connectivity index (χ3v) is 5.14. The minimum Gasteiger partial charge on any atom is -0.468 e. The van der Waals surface area contributed by atoms with Crippen molar-refractivity contribution in [3.63, 3.8) is 0 Å². The van der Waals surface area contributed by atoms with Crippen molar-refractivity contribution in [2.75, 3.05) is 13.7 Å². The van der Waals surface area contributed by atoms with Crippen molar-refractivity contribution in [1.29, 1.82) is 0 Å². The molecule has 1 aromatic rings. The fraction of sp³-hybridized carbons (Fsp3) is 0.364. The number of ether oxygens (including phenoxy) is 1. The molecule has 1 aromatic carbocycles. The van der Waals surface area contributed by atoms with Gasteiger partial charge in [0.05, 0.1) is 16.9 Å². The fourth-order valence-corrected chi connectivity index (χ4v) is 3.61. The average Bonchev–Trinajstić information content (AvgIpc) is 3.12. The standard InChI is InChI=1S/C11H12N2O6S/c1-11(10(14)19-2)7-12(11)20(17,18)9-5-3-8(4-6-9)13(15)16/h3-6H,7H2,1-2H3/t11-,12?/m1/s1. The number of hydrogen-bond donors (Lipinski definition) is 0. The van der Waals surface area contributed by atoms with E-state index in [0.29, 0.717) is 0 Å². The van der Waals surface area contributed by atoms with E-state index in [-0.39, 0.29) is 17.1 Å². The highest BCUT2D eigenvalue weighted by atomic mass is 32.2. The lowest BCUT2D eigenvalue weighted by Crippen LogP contribution is -2.30. The highest BCUT2D eigenvalue weighted by Gasteiger charge is 2.61. The van der Waals surface area contributed by atoms with Gasteiger partial charge in [0.2, 0.25) is 10.0 Å². The van der Waals surface area contributed by atoms with E-state index in [9.17, 15) is 23.3 Å². The Kier molecular flexibility index (Phi) is 3.26. The quantitative estimate of drug-likeness (QED) is 0.347. The van der Waals surface area contributed by atoms with Gasteiger partial charge in [-0.2, -0.15) is 4.31 Å². The molecular weight excluding hydrogens is 288 g/mol. The van der Waals surface area contributed by atoms with Crippen LogP contribution in [0.5, 0.6) is 0 Å². The number of carbonyl (C=O) groups excluding carboxylic acids is 1. The number of nitro benzene ring substituents is 1. The summed E-state index contributed by atoms with van der Waals surface area (Å²) in [6, 6.07) is 4.49. The van der Waals surface area contributed by atoms with E-state index in [2.05, 4.69) is 4.74 Å². The molecule has 0 radical (unpaired) electrons. The van der Waals surface area contributed by atoms with Gasteiger partial charge in [-0.1, -0.05) is 0 Å². The highest BCUT2D eigenvalue weighted by molar-refractivity contribution is 7.89. The van der Waals surface area contributed by atoms with Gasteiger partial charge in [0.1, 0.15) is 5.54 Å². The Morgan fingerprint density at radius 2 is 1.95 bits per heavy atom. The maximum Gasteiger partial charge on any atom is 0.328 e. The molecule has 1 heterocycles. The normalized spacial score (nSPS) is 25.0. The summed E-state index contributed by atoms with van der Waals surface area (Å²) in [6.45, 7) is 1.49. The fourth-order valence-electron chi connectivity index (χ4n) is 1.85. The van der Waals surface area contributed by atoms with E-state index in [1.165, 1.54) is 14.0 Å². The molecule has 20 heavy (non-hydrogen) atoms. The van der Waals surface area contributed by atoms with Gasteiger partial charge in [-0.25, -0.2) is 13.2 Å². The van der Waals surface area contributed by atoms with Gasteiger partial charge < -0.3 is 4.74 Å². The Labute approximate surface area is 115 Å². The molecular formula is C11H12N2O6S. The third-order valence-electron chi connectivity index (χ3n) is 3.16. The van der Waals surface area contributed by atoms with E-state index >= 15 is 0 Å². The Morgan fingerprint density at radius 3 is 2.40 bits per heavy atom. The first-order valence-corrected chi connectivity index (χ1v) is 7.03. The second-order valence-electron chi connectivity index (χ2n) is 4.53. The van der Waals surface area contributed by atoms with Crippen LogP contribution in [0.1, 0.15) is 6.92 Å². The molecule has 1 aliphatic rings. The van der Waals surface area contributed by atoms with Crippen molar-refractivity contribution in [2.24, 2.45) is 0 Å². The molecule has 0 N–H and O–H groups in total. The van der Waals surface area contributed by atoms with Crippen LogP contribution in [0.2, 0.25) is 0 Å². The zero-order valence-corrected chi connectivity index (χ0v) is 11.6. The van der Waals surface area contributed by atoms with Gasteiger partial charge in [-0.3, -0.25) is 10.1 Å². The molecule has 0 aromatic heterocycles. The van der Waals surface area contributed by atoms with Crippen LogP contribution < -0.4 is 0 Å². The summed E-state index contributed by atoms with van der Waals surface area (Å²) >= 11 is 0. The SMILES string of the molecule is COC(=O)[C@@]1(C)CN1S(=O)(=O)c1ccc([N+](=O)[O-])cc1. The van der Waals surface area contributed by atoms with E-state index in [4.69, 9.17) is 0 Å². The van der Waals surface area contributed by atoms with Crippen molar-refractivity contribution in [3.05, 3.63) is 34.4 Å². The summed E-state index contributed by atoms with van der Waals surface area (Å²) in [7, 11) is -2.68. The predicted molar refractivity (Wildman–Crippen MR) is 67.4 cm³/mol. The second kappa shape index (κ2) is 4.53. The first-order valence-electron chi connectivity index (χ1n) is 5.59. The zero-order chi connectivity index (χ0) is 15.1. The van der Waals surface area contributed by atoms with Gasteiger partial charge in [-0.05, 0) is 19.1 Å². The molecule has 0 bridgehead atoms. The molecule has 0 saturated carbocycles. The predicted octanol–water partition coefficient (Wildman–Crippen LogP) is 0.531. The van der Waals surface area contributed by atoms with Gasteiger partial charge in [0.15, 0.2) is 0 Å². The number of nitro groups is 1. The molecule has 1 saturated heterocycles. The molecule has 2 rings (SSSR count). The van der Waals surface area contributed by atoms with Crippen molar-refractivity contribution < 1.29 is 22.9 Å². The first-order chi connectivity index (χ1) is 9.23. The Bertz CT molecular complexity index is 669. The van der Waals surface area contributed by atoms with Crippen LogP contribution in [0, 0.1) is 10.1 Å². The van der Waals surface area contributed by atoms with Crippen molar-refractivity contribution in [3.8, 4) is 0 Å². The molecule has 0 amide bonds. The third kappa shape index (κ3) is 2.14. The van der Waals surface area contributed by atoms with Crippen LogP contribution in [0.4, 0.5) is 5.69 Å². The second-order valence-corrected chi connectivity index (χ2v) is 6.39. The molecule has 1 fully saturated rings. The van der Waals surface area contributed by atoms with E-state index in [1.807, 2.05) is 0 Å². The number of benzene rings is 1. The molecule has 2 atom stereocenters. The molecule has 1 unspecified atom stereocenters. The van der Waals surface area contributed by atoms with E-state index in [1.54, 1.807) is 0 Å². The number of hydrogen-bond acceptors (Lipinski definition) is 6. The van der Waals surface area contributed by atoms with E-state index < -0.39 is 26.5 Å². The van der Waals surface area contributed by atoms with Crippen molar-refractivity contribution >= 4 is 21.7 Å². The molecule has 0 spiro atoms. The minimum atomic E-state index is -3.86. The largest absolute Gasteiger partial charge is 0.468 e. The molecule has 8 nitrogen and oxygen atoms in total. The summed E-state index contributed by atoms with van der Waals surface area (Å²) in [4.78, 5) is 21.3. The minimum absolute atomic E-state index is 0.0268. The topological polar surface area (TPSA) is 107 Å². The van der Waals surface area contributed by atoms with Crippen LogP contribution in [0.15, 0.2) is 29.2 Å². The molecule has 9 heteroatoms. The Morgan fingerprint density at radius 1 is 1.40 bits per heavy atom. The van der Waals surface area contributed by atoms with E-state index in [0.717, 1.165) is 28.6 Å². The summed E-state index contributed by atoms with van der Waals surface area (Å²) in [5.74, 6) is -0.636. The monoisotopic (exact) mass is 300 g/mol. The maximum atomic E-state index is 12.3. The van der Waals surface area contributed by atoms with Crippen LogP contribution in [-0.2, 0) is 19.6 Å². The molecule has 1 aliphatic heterocycles. The maximum absolute atomic E-state index is 12.3. The highest BCUT2D eigenvalue weighted by Crippen LogP contribution is 2.39. The van der Waals surface area contributed by atoms with Crippen LogP contribution in [-0.4, -0.2) is 42.8 Å². The number of sulfonamides is 1. The van der Waals surface area contributed by atoms with Crippen molar-refractivity contribution in [2.45, 2.75) is 17.4 Å². The number of esters is 1. The number of nitrogens with zero attached hydrogens (tertiary/aromatic N) is 2. The summed E-state index contributed by atoms with van der Waals surface area (Å²) in [6.07, 6.45) is 0. The lowest BCUT2D eigenvalue weighted by molar-refractivity contribution is -0.384. The summed E-state index contributed by atoms with van der Waals surface area (Å²) in [5, 5.41) is 10.5. The van der Waals surface area contributed by atoms with Gasteiger partial charge in [-0.15, -0.1) is 0 Å². The number of carbonyl (C=O) groups is 1. The van der Waals surface area contributed by atoms with Crippen LogP contribution in [0.3, 0.4) is 0 Å². The average molecular weight is 300 g/mol.